The van der Waals surface area contributed by atoms with E-state index in [9.17, 15) is 18.3 Å². The van der Waals surface area contributed by atoms with E-state index in [0.717, 1.165) is 13.1 Å². The first-order valence-corrected chi connectivity index (χ1v) is 10.0. The molecule has 3 N–H and O–H groups in total. The summed E-state index contributed by atoms with van der Waals surface area (Å²) in [5.41, 5.74) is -0.444. The Bertz CT molecular complexity index is 678. The summed E-state index contributed by atoms with van der Waals surface area (Å²) in [4.78, 5) is 6.57. The number of β-amino-alcohol motifs (C(OH)–C–C–N with tert-alkyl or cyclic N) is 1. The van der Waals surface area contributed by atoms with Gasteiger partial charge in [-0.2, -0.15) is 13.2 Å². The van der Waals surface area contributed by atoms with Gasteiger partial charge in [0.25, 0.3) is 0 Å². The van der Waals surface area contributed by atoms with Gasteiger partial charge in [0.05, 0.1) is 25.4 Å². The monoisotopic (exact) mass is 432 g/mol. The third-order valence-electron chi connectivity index (χ3n) is 4.42. The standard InChI is InChI=1S/C20H31F3N4O3/c1-3-24-18(26-13-19(2,28)14-27-8-10-29-11-9-27)25-12-16-6-4-5-7-17(16)30-15-20(21,22)23/h4-7,28H,3,8-15H2,1-2H3,(H2,24,25,26). The van der Waals surface area contributed by atoms with Crippen molar-refractivity contribution in [2.75, 3.05) is 52.5 Å². The summed E-state index contributed by atoms with van der Waals surface area (Å²) in [5.74, 6) is 0.610. The van der Waals surface area contributed by atoms with E-state index in [4.69, 9.17) is 9.47 Å². The average Bonchev–Trinajstić information content (AvgIpc) is 2.69. The van der Waals surface area contributed by atoms with E-state index < -0.39 is 18.4 Å². The summed E-state index contributed by atoms with van der Waals surface area (Å²) < 4.78 is 47.6. The Hall–Kier alpha value is -2.04. The second-order valence-corrected chi connectivity index (χ2v) is 7.45. The fourth-order valence-electron chi connectivity index (χ4n) is 3.01. The zero-order valence-electron chi connectivity index (χ0n) is 17.5. The number of guanidine groups is 1. The van der Waals surface area contributed by atoms with Crippen LogP contribution in [0.2, 0.25) is 0 Å². The van der Waals surface area contributed by atoms with Gasteiger partial charge in [-0.25, -0.2) is 4.99 Å². The molecular weight excluding hydrogens is 401 g/mol. The molecule has 170 valence electrons. The molecule has 1 fully saturated rings. The molecule has 2 rings (SSSR count). The minimum atomic E-state index is -4.40. The molecule has 7 nitrogen and oxygen atoms in total. The summed E-state index contributed by atoms with van der Waals surface area (Å²) in [7, 11) is 0. The number of para-hydroxylation sites is 1. The van der Waals surface area contributed by atoms with E-state index >= 15 is 0 Å². The molecule has 10 heteroatoms. The van der Waals surface area contributed by atoms with Gasteiger partial charge in [0, 0.05) is 38.3 Å². The molecule has 1 atom stereocenters. The summed E-state index contributed by atoms with van der Waals surface area (Å²) in [6.45, 7) is 6.67. The molecule has 0 aliphatic carbocycles. The first kappa shape index (κ1) is 24.2. The lowest BCUT2D eigenvalue weighted by molar-refractivity contribution is -0.153. The van der Waals surface area contributed by atoms with Gasteiger partial charge in [-0.1, -0.05) is 18.2 Å². The number of nitrogens with zero attached hydrogens (tertiary/aromatic N) is 2. The van der Waals surface area contributed by atoms with Crippen LogP contribution >= 0.6 is 0 Å². The lowest BCUT2D eigenvalue weighted by Gasteiger charge is -2.34. The van der Waals surface area contributed by atoms with Crippen molar-refractivity contribution < 1.29 is 27.8 Å². The number of rotatable bonds is 9. The van der Waals surface area contributed by atoms with E-state index in [-0.39, 0.29) is 18.8 Å². The van der Waals surface area contributed by atoms with Crippen LogP contribution in [-0.2, 0) is 11.3 Å². The molecule has 0 saturated carbocycles. The van der Waals surface area contributed by atoms with Crippen LogP contribution in [0.4, 0.5) is 13.2 Å². The minimum Gasteiger partial charge on any atom is -0.484 e. The summed E-state index contributed by atoms with van der Waals surface area (Å²) in [5, 5.41) is 16.9. The molecule has 1 aromatic carbocycles. The SMILES string of the molecule is CCNC(=NCc1ccccc1OCC(F)(F)F)NCC(C)(O)CN1CCOCC1. The fourth-order valence-corrected chi connectivity index (χ4v) is 3.01. The molecule has 0 radical (unpaired) electrons. The summed E-state index contributed by atoms with van der Waals surface area (Å²) in [6.07, 6.45) is -4.40. The first-order chi connectivity index (χ1) is 14.2. The van der Waals surface area contributed by atoms with Crippen molar-refractivity contribution in [1.29, 1.82) is 0 Å². The Kier molecular flexibility index (Phi) is 9.19. The molecule has 0 amide bonds. The van der Waals surface area contributed by atoms with E-state index in [2.05, 4.69) is 20.5 Å². The second-order valence-electron chi connectivity index (χ2n) is 7.45. The Morgan fingerprint density at radius 2 is 1.93 bits per heavy atom. The number of aliphatic imine (C=N–C) groups is 1. The van der Waals surface area contributed by atoms with Crippen molar-refractivity contribution in [3.8, 4) is 5.75 Å². The molecule has 1 saturated heterocycles. The molecule has 30 heavy (non-hydrogen) atoms. The van der Waals surface area contributed by atoms with Crippen molar-refractivity contribution >= 4 is 5.96 Å². The van der Waals surface area contributed by atoms with Gasteiger partial charge in [0.1, 0.15) is 5.75 Å². The average molecular weight is 432 g/mol. The number of aliphatic hydroxyl groups is 1. The van der Waals surface area contributed by atoms with Crippen molar-refractivity contribution in [1.82, 2.24) is 15.5 Å². The van der Waals surface area contributed by atoms with Gasteiger partial charge in [0.2, 0.25) is 0 Å². The molecule has 0 spiro atoms. The van der Waals surface area contributed by atoms with Crippen LogP contribution in [0.15, 0.2) is 29.3 Å². The van der Waals surface area contributed by atoms with Gasteiger partial charge in [0.15, 0.2) is 12.6 Å². The van der Waals surface area contributed by atoms with Crippen molar-refractivity contribution in [2.24, 2.45) is 4.99 Å². The van der Waals surface area contributed by atoms with Crippen LogP contribution in [0.1, 0.15) is 19.4 Å². The van der Waals surface area contributed by atoms with Gasteiger partial charge in [-0.05, 0) is 19.9 Å². The topological polar surface area (TPSA) is 78.4 Å². The van der Waals surface area contributed by atoms with Crippen LogP contribution in [0.3, 0.4) is 0 Å². The van der Waals surface area contributed by atoms with Crippen LogP contribution in [-0.4, -0.2) is 80.3 Å². The van der Waals surface area contributed by atoms with Crippen molar-refractivity contribution in [3.63, 3.8) is 0 Å². The van der Waals surface area contributed by atoms with Crippen LogP contribution in [0.5, 0.6) is 5.75 Å². The third-order valence-corrected chi connectivity index (χ3v) is 4.42. The van der Waals surface area contributed by atoms with E-state index in [0.29, 0.717) is 37.8 Å². The third kappa shape index (κ3) is 9.19. The van der Waals surface area contributed by atoms with E-state index in [1.807, 2.05) is 6.92 Å². The quantitative estimate of drug-likeness (QED) is 0.408. The van der Waals surface area contributed by atoms with Gasteiger partial charge in [-0.3, -0.25) is 4.90 Å². The van der Waals surface area contributed by atoms with E-state index in [1.54, 1.807) is 25.1 Å². The maximum atomic E-state index is 12.5. The van der Waals surface area contributed by atoms with Crippen LogP contribution in [0, 0.1) is 0 Å². The minimum absolute atomic E-state index is 0.134. The van der Waals surface area contributed by atoms with Crippen LogP contribution < -0.4 is 15.4 Å². The highest BCUT2D eigenvalue weighted by Gasteiger charge is 2.29. The lowest BCUT2D eigenvalue weighted by atomic mass is 10.1. The number of hydrogen-bond donors (Lipinski definition) is 3. The maximum Gasteiger partial charge on any atom is 0.422 e. The van der Waals surface area contributed by atoms with E-state index in [1.165, 1.54) is 6.07 Å². The molecule has 1 aliphatic rings. The number of alkyl halides is 3. The van der Waals surface area contributed by atoms with Crippen LogP contribution in [0.25, 0.3) is 0 Å². The van der Waals surface area contributed by atoms with Gasteiger partial charge in [-0.15, -0.1) is 0 Å². The number of hydrogen-bond acceptors (Lipinski definition) is 5. The zero-order valence-corrected chi connectivity index (χ0v) is 17.5. The zero-order chi connectivity index (χ0) is 22.0. The van der Waals surface area contributed by atoms with Gasteiger partial charge >= 0.3 is 6.18 Å². The molecule has 0 bridgehead atoms. The molecule has 0 aromatic heterocycles. The Morgan fingerprint density at radius 1 is 1.23 bits per heavy atom. The molecular formula is C20H31F3N4O3. The maximum absolute atomic E-state index is 12.5. The highest BCUT2D eigenvalue weighted by molar-refractivity contribution is 5.79. The van der Waals surface area contributed by atoms with Crippen molar-refractivity contribution in [2.45, 2.75) is 32.2 Å². The highest BCUT2D eigenvalue weighted by Crippen LogP contribution is 2.22. The number of ether oxygens (including phenoxy) is 2. The smallest absolute Gasteiger partial charge is 0.422 e. The second kappa shape index (κ2) is 11.4. The number of halogens is 3. The first-order valence-electron chi connectivity index (χ1n) is 10.0. The Morgan fingerprint density at radius 3 is 2.60 bits per heavy atom. The predicted molar refractivity (Wildman–Crippen MR) is 109 cm³/mol. The number of benzene rings is 1. The summed E-state index contributed by atoms with van der Waals surface area (Å²) >= 11 is 0. The summed E-state index contributed by atoms with van der Waals surface area (Å²) in [6, 6.07) is 6.50. The highest BCUT2D eigenvalue weighted by atomic mass is 19.4. The number of nitrogens with one attached hydrogen (secondary N) is 2. The number of morpholine rings is 1. The lowest BCUT2D eigenvalue weighted by Crippen LogP contribution is -2.52. The Labute approximate surface area is 175 Å². The van der Waals surface area contributed by atoms with Gasteiger partial charge < -0.3 is 25.2 Å². The molecule has 1 aromatic rings. The molecule has 1 unspecified atom stereocenters. The largest absolute Gasteiger partial charge is 0.484 e. The van der Waals surface area contributed by atoms with Crippen molar-refractivity contribution in [3.05, 3.63) is 29.8 Å². The molecule has 1 aliphatic heterocycles. The normalized spacial score (nSPS) is 18.0. The fraction of sp³-hybridized carbons (Fsp3) is 0.650. The predicted octanol–water partition coefficient (Wildman–Crippen LogP) is 1.77. The molecule has 1 heterocycles. The Balaban J connectivity index is 1.95.